The lowest BCUT2D eigenvalue weighted by molar-refractivity contribution is 0.481. The maximum Gasteiger partial charge on any atom is 0.200 e. The molecule has 1 aromatic heterocycles. The van der Waals surface area contributed by atoms with Crippen molar-refractivity contribution in [1.29, 1.82) is 0 Å². The molecule has 1 N–H and O–H groups in total. The first kappa shape index (κ1) is 16.9. The SMILES string of the molecule is CC(Nc1ccc(S(=O)(=O)C2CCCCC2)nn1)c1ccccc1. The second-order valence-corrected chi connectivity index (χ2v) is 8.51. The molecule has 1 atom stereocenters. The number of anilines is 1. The summed E-state index contributed by atoms with van der Waals surface area (Å²) in [6, 6.07) is 13.3. The van der Waals surface area contributed by atoms with Gasteiger partial charge in [0.05, 0.1) is 5.25 Å². The summed E-state index contributed by atoms with van der Waals surface area (Å²) >= 11 is 0. The molecule has 1 aromatic carbocycles. The Morgan fingerprint density at radius 2 is 1.71 bits per heavy atom. The Morgan fingerprint density at radius 3 is 2.33 bits per heavy atom. The Kier molecular flexibility index (Phi) is 5.14. The minimum Gasteiger partial charge on any atom is -0.362 e. The van der Waals surface area contributed by atoms with E-state index in [1.165, 1.54) is 0 Å². The number of aromatic nitrogens is 2. The Morgan fingerprint density at radius 1 is 1.00 bits per heavy atom. The van der Waals surface area contributed by atoms with Crippen molar-refractivity contribution in [2.75, 3.05) is 5.32 Å². The highest BCUT2D eigenvalue weighted by Gasteiger charge is 2.30. The van der Waals surface area contributed by atoms with Gasteiger partial charge in [-0.05, 0) is 37.5 Å². The molecular weight excluding hydrogens is 322 g/mol. The van der Waals surface area contributed by atoms with Crippen LogP contribution in [0.1, 0.15) is 50.6 Å². The van der Waals surface area contributed by atoms with E-state index in [4.69, 9.17) is 0 Å². The van der Waals surface area contributed by atoms with E-state index in [0.29, 0.717) is 5.82 Å². The fourth-order valence-electron chi connectivity index (χ4n) is 3.14. The van der Waals surface area contributed by atoms with Crippen molar-refractivity contribution >= 4 is 15.7 Å². The zero-order valence-corrected chi connectivity index (χ0v) is 14.7. The highest BCUT2D eigenvalue weighted by atomic mass is 32.2. The van der Waals surface area contributed by atoms with E-state index in [1.54, 1.807) is 12.1 Å². The summed E-state index contributed by atoms with van der Waals surface area (Å²) in [7, 11) is -3.36. The van der Waals surface area contributed by atoms with Gasteiger partial charge in [0.2, 0.25) is 0 Å². The molecule has 2 aromatic rings. The second-order valence-electron chi connectivity index (χ2n) is 6.34. The van der Waals surface area contributed by atoms with Crippen molar-refractivity contribution in [3.05, 3.63) is 48.0 Å². The lowest BCUT2D eigenvalue weighted by atomic mass is 10.0. The van der Waals surface area contributed by atoms with Crippen molar-refractivity contribution in [3.8, 4) is 0 Å². The molecule has 1 fully saturated rings. The molecule has 1 aliphatic rings. The van der Waals surface area contributed by atoms with Crippen molar-refractivity contribution < 1.29 is 8.42 Å². The van der Waals surface area contributed by atoms with Crippen molar-refractivity contribution in [3.63, 3.8) is 0 Å². The quantitative estimate of drug-likeness (QED) is 0.893. The molecule has 0 radical (unpaired) electrons. The maximum atomic E-state index is 12.6. The van der Waals surface area contributed by atoms with E-state index in [9.17, 15) is 8.42 Å². The van der Waals surface area contributed by atoms with Crippen molar-refractivity contribution in [1.82, 2.24) is 10.2 Å². The van der Waals surface area contributed by atoms with Gasteiger partial charge in [0.1, 0.15) is 5.82 Å². The fraction of sp³-hybridized carbons (Fsp3) is 0.444. The number of hydrogen-bond acceptors (Lipinski definition) is 5. The van der Waals surface area contributed by atoms with Gasteiger partial charge in [-0.25, -0.2) is 8.42 Å². The van der Waals surface area contributed by atoms with E-state index in [0.717, 1.165) is 37.7 Å². The van der Waals surface area contributed by atoms with Gasteiger partial charge < -0.3 is 5.32 Å². The van der Waals surface area contributed by atoms with Crippen LogP contribution in [0.3, 0.4) is 0 Å². The average Bonchev–Trinajstić information content (AvgIpc) is 2.63. The van der Waals surface area contributed by atoms with E-state index in [2.05, 4.69) is 15.5 Å². The van der Waals surface area contributed by atoms with Crippen LogP contribution in [0.25, 0.3) is 0 Å². The molecule has 24 heavy (non-hydrogen) atoms. The van der Waals surface area contributed by atoms with E-state index in [-0.39, 0.29) is 16.3 Å². The van der Waals surface area contributed by atoms with Crippen LogP contribution in [0.15, 0.2) is 47.5 Å². The highest BCUT2D eigenvalue weighted by Crippen LogP contribution is 2.28. The van der Waals surface area contributed by atoms with Gasteiger partial charge in [-0.1, -0.05) is 49.6 Å². The minimum atomic E-state index is -3.36. The molecule has 6 heteroatoms. The molecule has 1 saturated carbocycles. The smallest absolute Gasteiger partial charge is 0.200 e. The Bertz CT molecular complexity index is 755. The third-order valence-electron chi connectivity index (χ3n) is 4.59. The molecule has 0 amide bonds. The molecule has 0 bridgehead atoms. The normalized spacial score (nSPS) is 17.4. The lowest BCUT2D eigenvalue weighted by Gasteiger charge is -2.21. The standard InChI is InChI=1S/C18H23N3O2S/c1-14(15-8-4-2-5-9-15)19-17-12-13-18(21-20-17)24(22,23)16-10-6-3-7-11-16/h2,4-5,8-9,12-14,16H,3,6-7,10-11H2,1H3,(H,19,20). The highest BCUT2D eigenvalue weighted by molar-refractivity contribution is 7.92. The van der Waals surface area contributed by atoms with Gasteiger partial charge in [-0.3, -0.25) is 0 Å². The Labute approximate surface area is 143 Å². The van der Waals surface area contributed by atoms with Gasteiger partial charge in [-0.2, -0.15) is 0 Å². The number of nitrogens with one attached hydrogen (secondary N) is 1. The number of hydrogen-bond donors (Lipinski definition) is 1. The van der Waals surface area contributed by atoms with Crippen LogP contribution in [0.5, 0.6) is 0 Å². The predicted molar refractivity (Wildman–Crippen MR) is 94.6 cm³/mol. The number of benzene rings is 1. The Balaban J connectivity index is 1.71. The van der Waals surface area contributed by atoms with Gasteiger partial charge in [0, 0.05) is 6.04 Å². The topological polar surface area (TPSA) is 72.0 Å². The molecule has 5 nitrogen and oxygen atoms in total. The summed E-state index contributed by atoms with van der Waals surface area (Å²) in [6.45, 7) is 2.03. The summed E-state index contributed by atoms with van der Waals surface area (Å²) in [5, 5.41) is 11.1. The Hall–Kier alpha value is -1.95. The predicted octanol–water partition coefficient (Wildman–Crippen LogP) is 3.76. The van der Waals surface area contributed by atoms with Crippen molar-refractivity contribution in [2.45, 2.75) is 55.3 Å². The molecule has 1 heterocycles. The van der Waals surface area contributed by atoms with E-state index < -0.39 is 9.84 Å². The molecule has 1 unspecified atom stereocenters. The van der Waals surface area contributed by atoms with Crippen LogP contribution in [0, 0.1) is 0 Å². The zero-order chi connectivity index (χ0) is 17.0. The summed E-state index contributed by atoms with van der Waals surface area (Å²) in [6.07, 6.45) is 4.54. The van der Waals surface area contributed by atoms with Crippen LogP contribution in [0.4, 0.5) is 5.82 Å². The molecule has 1 aliphatic carbocycles. The van der Waals surface area contributed by atoms with Gasteiger partial charge >= 0.3 is 0 Å². The number of sulfone groups is 1. The zero-order valence-electron chi connectivity index (χ0n) is 13.9. The van der Waals surface area contributed by atoms with Gasteiger partial charge in [0.15, 0.2) is 14.9 Å². The summed E-state index contributed by atoms with van der Waals surface area (Å²) in [4.78, 5) is 0. The molecular formula is C18H23N3O2S. The maximum absolute atomic E-state index is 12.6. The molecule has 0 saturated heterocycles. The third kappa shape index (κ3) is 3.75. The first-order chi connectivity index (χ1) is 11.6. The molecule has 3 rings (SSSR count). The first-order valence-electron chi connectivity index (χ1n) is 8.46. The van der Waals surface area contributed by atoms with E-state index in [1.807, 2.05) is 37.3 Å². The third-order valence-corrected chi connectivity index (χ3v) is 6.74. The van der Waals surface area contributed by atoms with Crippen LogP contribution in [-0.4, -0.2) is 23.9 Å². The number of nitrogens with zero attached hydrogens (tertiary/aromatic N) is 2. The minimum absolute atomic E-state index is 0.0706. The van der Waals surface area contributed by atoms with E-state index >= 15 is 0 Å². The number of rotatable bonds is 5. The summed E-state index contributed by atoms with van der Waals surface area (Å²) in [5.74, 6) is 0.578. The van der Waals surface area contributed by atoms with Crippen LogP contribution < -0.4 is 5.32 Å². The van der Waals surface area contributed by atoms with Gasteiger partial charge in [0.25, 0.3) is 0 Å². The van der Waals surface area contributed by atoms with Crippen molar-refractivity contribution in [2.24, 2.45) is 0 Å². The molecule has 0 spiro atoms. The summed E-state index contributed by atoms with van der Waals surface area (Å²) < 4.78 is 25.2. The fourth-order valence-corrected chi connectivity index (χ4v) is 4.85. The first-order valence-corrected chi connectivity index (χ1v) is 10.0. The second kappa shape index (κ2) is 7.30. The monoisotopic (exact) mass is 345 g/mol. The van der Waals surface area contributed by atoms with Crippen LogP contribution in [-0.2, 0) is 9.84 Å². The van der Waals surface area contributed by atoms with Crippen LogP contribution in [0.2, 0.25) is 0 Å². The summed E-state index contributed by atoms with van der Waals surface area (Å²) in [5.41, 5.74) is 1.14. The van der Waals surface area contributed by atoms with Gasteiger partial charge in [-0.15, -0.1) is 10.2 Å². The molecule has 128 valence electrons. The van der Waals surface area contributed by atoms with Crippen LogP contribution >= 0.6 is 0 Å². The average molecular weight is 345 g/mol. The molecule has 0 aliphatic heterocycles. The largest absolute Gasteiger partial charge is 0.362 e. The lowest BCUT2D eigenvalue weighted by Crippen LogP contribution is -2.25.